The van der Waals surface area contributed by atoms with E-state index in [9.17, 15) is 15.0 Å². The summed E-state index contributed by atoms with van der Waals surface area (Å²) >= 11 is 7.12. The molecule has 0 bridgehead atoms. The number of phenols is 1. The number of methoxy groups -OCH3 is 2. The quantitative estimate of drug-likeness (QED) is 0.566. The average Bonchev–Trinajstić information content (AvgIpc) is 3.02. The minimum absolute atomic E-state index is 0.0391. The first-order chi connectivity index (χ1) is 14.9. The maximum Gasteiger partial charge on any atom is 0.344 e. The average molecular weight is 462 g/mol. The molecule has 9 heteroatoms. The van der Waals surface area contributed by atoms with Crippen LogP contribution in [0.25, 0.3) is 6.08 Å². The molecular formula is C22H20ClNO6S. The number of nitrogens with zero attached hydrogens (tertiary/aromatic N) is 1. The zero-order valence-corrected chi connectivity index (χ0v) is 18.6. The molecule has 1 heterocycles. The van der Waals surface area contributed by atoms with Gasteiger partial charge in [0.25, 0.3) is 0 Å². The molecule has 0 fully saturated rings. The Bertz CT molecular complexity index is 1110. The number of carbonyl (C=O) groups excluding carboxylic acids is 1. The summed E-state index contributed by atoms with van der Waals surface area (Å²) in [7, 11) is 2.87. The molecule has 0 radical (unpaired) electrons. The highest BCUT2D eigenvalue weighted by molar-refractivity contribution is 8.18. The number of aromatic hydroxyl groups is 1. The summed E-state index contributed by atoms with van der Waals surface area (Å²) in [6.07, 6.45) is 1.60. The number of aliphatic imine (C=N–C) groups is 1. The normalized spacial score (nSPS) is 16.1. The van der Waals surface area contributed by atoms with Crippen LogP contribution in [0.1, 0.15) is 12.5 Å². The van der Waals surface area contributed by atoms with Crippen LogP contribution >= 0.6 is 23.4 Å². The van der Waals surface area contributed by atoms with E-state index in [1.165, 1.54) is 20.3 Å². The molecule has 162 valence electrons. The van der Waals surface area contributed by atoms with Crippen molar-refractivity contribution >= 4 is 46.1 Å². The zero-order chi connectivity index (χ0) is 22.5. The summed E-state index contributed by atoms with van der Waals surface area (Å²) in [5.41, 5.74) is 1.01. The monoisotopic (exact) mass is 461 g/mol. The van der Waals surface area contributed by atoms with Crippen LogP contribution in [0.3, 0.4) is 0 Å². The predicted molar refractivity (Wildman–Crippen MR) is 122 cm³/mol. The van der Waals surface area contributed by atoms with Gasteiger partial charge in [0, 0.05) is 5.02 Å². The number of phenolic OH excluding ortho intramolecular Hbond substituents is 1. The third-order valence-corrected chi connectivity index (χ3v) is 5.44. The molecule has 0 unspecified atom stereocenters. The number of ether oxygens (including phenoxy) is 3. The number of halogens is 1. The molecule has 0 aliphatic carbocycles. The molecule has 2 aromatic carbocycles. The Morgan fingerprint density at radius 3 is 2.61 bits per heavy atom. The van der Waals surface area contributed by atoms with Gasteiger partial charge in [-0.1, -0.05) is 29.4 Å². The molecule has 0 saturated heterocycles. The molecule has 3 rings (SSSR count). The second-order valence-electron chi connectivity index (χ2n) is 6.23. The largest absolute Gasteiger partial charge is 0.506 e. The molecule has 2 aromatic rings. The first-order valence-corrected chi connectivity index (χ1v) is 10.4. The summed E-state index contributed by atoms with van der Waals surface area (Å²) < 4.78 is 15.5. The third-order valence-electron chi connectivity index (χ3n) is 4.19. The van der Waals surface area contributed by atoms with Gasteiger partial charge in [0.1, 0.15) is 16.4 Å². The standard InChI is InChI=1S/C22H20ClNO6S/c1-4-30-22(27)18-19(26)17(31-21(18)24-14-7-5-6-13(23)11-14)10-12-8-15(25)20(29-3)16(9-12)28-2/h5-11,25-26H,4H2,1-3H3/b17-10+,24-21?. The van der Waals surface area contributed by atoms with Crippen LogP contribution in [0.2, 0.25) is 5.02 Å². The Morgan fingerprint density at radius 2 is 1.97 bits per heavy atom. The minimum atomic E-state index is -0.688. The van der Waals surface area contributed by atoms with Crippen molar-refractivity contribution in [1.29, 1.82) is 0 Å². The number of hydrogen-bond donors (Lipinski definition) is 2. The summed E-state index contributed by atoms with van der Waals surface area (Å²) in [5, 5.41) is 21.7. The highest BCUT2D eigenvalue weighted by atomic mass is 35.5. The van der Waals surface area contributed by atoms with Crippen LogP contribution in [0.5, 0.6) is 17.2 Å². The smallest absolute Gasteiger partial charge is 0.344 e. The molecule has 0 amide bonds. The molecule has 0 spiro atoms. The van der Waals surface area contributed by atoms with Gasteiger partial charge in [0.15, 0.2) is 11.5 Å². The van der Waals surface area contributed by atoms with Crippen molar-refractivity contribution in [1.82, 2.24) is 0 Å². The fourth-order valence-corrected chi connectivity index (χ4v) is 4.07. The Kier molecular flexibility index (Phi) is 7.14. The number of rotatable bonds is 6. The Labute approximate surface area is 188 Å². The molecule has 7 nitrogen and oxygen atoms in total. The number of esters is 1. The summed E-state index contributed by atoms with van der Waals surface area (Å²) in [6, 6.07) is 9.91. The van der Waals surface area contributed by atoms with Crippen molar-refractivity contribution in [3.8, 4) is 17.2 Å². The van der Waals surface area contributed by atoms with Crippen molar-refractivity contribution in [2.45, 2.75) is 6.92 Å². The molecule has 0 saturated carbocycles. The van der Waals surface area contributed by atoms with Crippen LogP contribution in [0, 0.1) is 0 Å². The Hall–Kier alpha value is -3.10. The maximum absolute atomic E-state index is 12.5. The number of thioether (sulfide) groups is 1. The van der Waals surface area contributed by atoms with Gasteiger partial charge in [-0.15, -0.1) is 0 Å². The van der Waals surface area contributed by atoms with E-state index in [-0.39, 0.29) is 34.5 Å². The van der Waals surface area contributed by atoms with Gasteiger partial charge in [-0.05, 0) is 48.9 Å². The second kappa shape index (κ2) is 9.80. The van der Waals surface area contributed by atoms with E-state index in [0.717, 1.165) is 11.8 Å². The fraction of sp³-hybridized carbons (Fsp3) is 0.182. The fourth-order valence-electron chi connectivity index (χ4n) is 2.85. The lowest BCUT2D eigenvalue weighted by molar-refractivity contribution is -0.138. The van der Waals surface area contributed by atoms with Crippen LogP contribution in [0.4, 0.5) is 5.69 Å². The van der Waals surface area contributed by atoms with Crippen LogP contribution in [0.15, 0.2) is 57.6 Å². The molecule has 1 aliphatic heterocycles. The van der Waals surface area contributed by atoms with E-state index < -0.39 is 5.97 Å². The molecule has 2 N–H and O–H groups in total. The van der Waals surface area contributed by atoms with Gasteiger partial charge in [0.2, 0.25) is 5.75 Å². The molecule has 0 aromatic heterocycles. The van der Waals surface area contributed by atoms with E-state index in [1.807, 2.05) is 0 Å². The highest BCUT2D eigenvalue weighted by Crippen LogP contribution is 2.43. The van der Waals surface area contributed by atoms with E-state index in [1.54, 1.807) is 43.3 Å². The Balaban J connectivity index is 2.08. The van der Waals surface area contributed by atoms with Gasteiger partial charge in [-0.2, -0.15) is 0 Å². The third kappa shape index (κ3) is 4.98. The van der Waals surface area contributed by atoms with Gasteiger partial charge in [-0.25, -0.2) is 9.79 Å². The number of hydrogen-bond acceptors (Lipinski definition) is 8. The topological polar surface area (TPSA) is 97.6 Å². The lowest BCUT2D eigenvalue weighted by Gasteiger charge is -2.10. The molecule has 1 aliphatic rings. The first-order valence-electron chi connectivity index (χ1n) is 9.17. The van der Waals surface area contributed by atoms with Crippen molar-refractivity contribution in [2.24, 2.45) is 4.99 Å². The maximum atomic E-state index is 12.5. The van der Waals surface area contributed by atoms with E-state index in [0.29, 0.717) is 26.9 Å². The SMILES string of the molecule is CCOC(=O)C1=C(O)/C(=C\c2cc(O)c(OC)c(OC)c2)SC1=Nc1cccc(Cl)c1. The lowest BCUT2D eigenvalue weighted by atomic mass is 10.1. The van der Waals surface area contributed by atoms with Gasteiger partial charge >= 0.3 is 5.97 Å². The summed E-state index contributed by atoms with van der Waals surface area (Å²) in [4.78, 5) is 17.3. The van der Waals surface area contributed by atoms with Crippen LogP contribution in [-0.2, 0) is 9.53 Å². The summed E-state index contributed by atoms with van der Waals surface area (Å²) in [5.74, 6) is -0.568. The predicted octanol–water partition coefficient (Wildman–Crippen LogP) is 5.26. The molecule has 0 atom stereocenters. The van der Waals surface area contributed by atoms with Gasteiger partial charge in [0.05, 0.1) is 31.4 Å². The zero-order valence-electron chi connectivity index (χ0n) is 17.0. The van der Waals surface area contributed by atoms with E-state index in [2.05, 4.69) is 4.99 Å². The van der Waals surface area contributed by atoms with Gasteiger partial charge in [-0.3, -0.25) is 0 Å². The van der Waals surface area contributed by atoms with Crippen molar-refractivity contribution in [3.05, 3.63) is 63.2 Å². The Morgan fingerprint density at radius 1 is 1.19 bits per heavy atom. The van der Waals surface area contributed by atoms with Crippen LogP contribution < -0.4 is 9.47 Å². The second-order valence-corrected chi connectivity index (χ2v) is 7.69. The van der Waals surface area contributed by atoms with Gasteiger partial charge < -0.3 is 24.4 Å². The van der Waals surface area contributed by atoms with E-state index in [4.69, 9.17) is 25.8 Å². The van der Waals surface area contributed by atoms with Crippen molar-refractivity contribution < 1.29 is 29.2 Å². The highest BCUT2D eigenvalue weighted by Gasteiger charge is 2.33. The van der Waals surface area contributed by atoms with E-state index >= 15 is 0 Å². The molecule has 31 heavy (non-hydrogen) atoms. The number of benzene rings is 2. The lowest BCUT2D eigenvalue weighted by Crippen LogP contribution is -2.12. The van der Waals surface area contributed by atoms with Crippen LogP contribution in [-0.4, -0.2) is 42.1 Å². The number of carbonyl (C=O) groups is 1. The first kappa shape index (κ1) is 22.6. The summed E-state index contributed by atoms with van der Waals surface area (Å²) in [6.45, 7) is 1.82. The van der Waals surface area contributed by atoms with Crippen molar-refractivity contribution in [2.75, 3.05) is 20.8 Å². The van der Waals surface area contributed by atoms with Crippen molar-refractivity contribution in [3.63, 3.8) is 0 Å². The number of aliphatic hydroxyl groups excluding tert-OH is 1. The molecular weight excluding hydrogens is 442 g/mol. The number of aliphatic hydroxyl groups is 1. The minimum Gasteiger partial charge on any atom is -0.506 e.